The molecule has 1 N–H and O–H groups in total. The molecule has 0 saturated carbocycles. The van der Waals surface area contributed by atoms with E-state index in [-0.39, 0.29) is 11.9 Å². The van der Waals surface area contributed by atoms with Gasteiger partial charge in [0.15, 0.2) is 0 Å². The molecule has 1 heterocycles. The normalized spacial score (nSPS) is 10.9. The van der Waals surface area contributed by atoms with Crippen LogP contribution in [-0.2, 0) is 0 Å². The minimum atomic E-state index is -0.142. The number of carbonyl (C=O) groups is 1. The molecule has 1 amide bonds. The number of imidazole rings is 1. The fourth-order valence-electron chi connectivity index (χ4n) is 2.06. The average molecular weight is 247 g/mol. The first-order valence-corrected chi connectivity index (χ1v) is 5.87. The summed E-state index contributed by atoms with van der Waals surface area (Å²) in [5.41, 5.74) is 2.14. The highest BCUT2D eigenvalue weighted by Gasteiger charge is 2.18. The summed E-state index contributed by atoms with van der Waals surface area (Å²) < 4.78 is 7.25. The molecular formula is C13H17N3O2. The third-order valence-electron chi connectivity index (χ3n) is 2.86. The number of ether oxygens (including phenoxy) is 1. The number of benzene rings is 1. The van der Waals surface area contributed by atoms with Gasteiger partial charge in [-0.3, -0.25) is 9.36 Å². The number of fused-ring (bicyclic) bond motifs is 1. The van der Waals surface area contributed by atoms with Gasteiger partial charge in [-0.2, -0.15) is 4.98 Å². The van der Waals surface area contributed by atoms with Crippen molar-refractivity contribution in [2.45, 2.75) is 19.9 Å². The molecule has 0 aliphatic carbocycles. The summed E-state index contributed by atoms with van der Waals surface area (Å²) in [6.07, 6.45) is 0. The molecule has 0 bridgehead atoms. The lowest BCUT2D eigenvalue weighted by Gasteiger charge is -2.11. The van der Waals surface area contributed by atoms with Crippen LogP contribution in [0.5, 0.6) is 6.01 Å². The van der Waals surface area contributed by atoms with Gasteiger partial charge in [0, 0.05) is 13.1 Å². The van der Waals surface area contributed by atoms with Crippen molar-refractivity contribution in [1.29, 1.82) is 0 Å². The Morgan fingerprint density at radius 3 is 2.72 bits per heavy atom. The van der Waals surface area contributed by atoms with Crippen LogP contribution in [0.25, 0.3) is 11.0 Å². The fourth-order valence-corrected chi connectivity index (χ4v) is 2.06. The van der Waals surface area contributed by atoms with Crippen molar-refractivity contribution >= 4 is 16.9 Å². The quantitative estimate of drug-likeness (QED) is 0.902. The van der Waals surface area contributed by atoms with Crippen molar-refractivity contribution in [3.63, 3.8) is 0 Å². The smallest absolute Gasteiger partial charge is 0.297 e. The van der Waals surface area contributed by atoms with E-state index >= 15 is 0 Å². The van der Waals surface area contributed by atoms with Crippen LogP contribution in [-0.4, -0.2) is 29.6 Å². The number of carbonyl (C=O) groups excluding carboxylic acids is 1. The van der Waals surface area contributed by atoms with Crippen molar-refractivity contribution in [2.24, 2.45) is 0 Å². The van der Waals surface area contributed by atoms with Crippen molar-refractivity contribution in [3.05, 3.63) is 23.8 Å². The Balaban J connectivity index is 2.76. The van der Waals surface area contributed by atoms with Crippen molar-refractivity contribution in [2.75, 3.05) is 14.2 Å². The predicted molar refractivity (Wildman–Crippen MR) is 70.1 cm³/mol. The van der Waals surface area contributed by atoms with Gasteiger partial charge in [-0.15, -0.1) is 0 Å². The maximum absolute atomic E-state index is 11.8. The van der Waals surface area contributed by atoms with Crippen LogP contribution in [0, 0.1) is 0 Å². The Morgan fingerprint density at radius 2 is 2.17 bits per heavy atom. The molecular weight excluding hydrogens is 230 g/mol. The van der Waals surface area contributed by atoms with Gasteiger partial charge in [0.25, 0.3) is 11.9 Å². The lowest BCUT2D eigenvalue weighted by molar-refractivity contribution is 0.0964. The van der Waals surface area contributed by atoms with Gasteiger partial charge in [0.05, 0.1) is 18.2 Å². The number of nitrogens with zero attached hydrogens (tertiary/aromatic N) is 2. The fraction of sp³-hybridized carbons (Fsp3) is 0.385. The predicted octanol–water partition coefficient (Wildman–Crippen LogP) is 1.99. The second-order valence-electron chi connectivity index (χ2n) is 4.31. The Labute approximate surface area is 106 Å². The first-order chi connectivity index (χ1) is 8.60. The van der Waals surface area contributed by atoms with Crippen LogP contribution < -0.4 is 10.1 Å². The molecule has 5 nitrogen and oxygen atoms in total. The van der Waals surface area contributed by atoms with E-state index in [4.69, 9.17) is 4.74 Å². The van der Waals surface area contributed by atoms with E-state index in [0.717, 1.165) is 5.52 Å². The second-order valence-corrected chi connectivity index (χ2v) is 4.31. The van der Waals surface area contributed by atoms with E-state index < -0.39 is 0 Å². The van der Waals surface area contributed by atoms with Crippen LogP contribution >= 0.6 is 0 Å². The molecule has 0 radical (unpaired) electrons. The first-order valence-electron chi connectivity index (χ1n) is 5.87. The van der Waals surface area contributed by atoms with E-state index in [9.17, 15) is 4.79 Å². The summed E-state index contributed by atoms with van der Waals surface area (Å²) in [4.78, 5) is 16.2. The Kier molecular flexibility index (Phi) is 3.23. The summed E-state index contributed by atoms with van der Waals surface area (Å²) in [5, 5.41) is 2.62. The highest BCUT2D eigenvalue weighted by atomic mass is 16.5. The highest BCUT2D eigenvalue weighted by Crippen LogP contribution is 2.27. The molecule has 1 aromatic heterocycles. The molecule has 2 rings (SSSR count). The summed E-state index contributed by atoms with van der Waals surface area (Å²) in [6.45, 7) is 4.10. The SMILES string of the molecule is CNC(=O)c1cccc2c1nc(OC)n2C(C)C. The topological polar surface area (TPSA) is 56.1 Å². The summed E-state index contributed by atoms with van der Waals surface area (Å²) in [7, 11) is 3.19. The number of aromatic nitrogens is 2. The van der Waals surface area contributed by atoms with Gasteiger partial charge < -0.3 is 10.1 Å². The van der Waals surface area contributed by atoms with Crippen LogP contribution in [0.2, 0.25) is 0 Å². The zero-order valence-electron chi connectivity index (χ0n) is 11.0. The van der Waals surface area contributed by atoms with Crippen LogP contribution in [0.4, 0.5) is 0 Å². The Morgan fingerprint density at radius 1 is 1.44 bits per heavy atom. The van der Waals surface area contributed by atoms with E-state index in [1.807, 2.05) is 16.7 Å². The maximum atomic E-state index is 11.8. The zero-order chi connectivity index (χ0) is 13.3. The van der Waals surface area contributed by atoms with Crippen LogP contribution in [0.15, 0.2) is 18.2 Å². The number of amides is 1. The van der Waals surface area contributed by atoms with Gasteiger partial charge >= 0.3 is 0 Å². The second kappa shape index (κ2) is 4.68. The lowest BCUT2D eigenvalue weighted by atomic mass is 10.1. The minimum Gasteiger partial charge on any atom is -0.468 e. The first kappa shape index (κ1) is 12.4. The molecule has 1 aromatic carbocycles. The third kappa shape index (κ3) is 1.81. The summed E-state index contributed by atoms with van der Waals surface area (Å²) in [5.74, 6) is -0.142. The average Bonchev–Trinajstić information content (AvgIpc) is 2.75. The van der Waals surface area contributed by atoms with Crippen LogP contribution in [0.3, 0.4) is 0 Å². The number of hydrogen-bond donors (Lipinski definition) is 1. The molecule has 0 atom stereocenters. The van der Waals surface area contributed by atoms with Gasteiger partial charge in [0.2, 0.25) is 0 Å². The third-order valence-corrected chi connectivity index (χ3v) is 2.86. The van der Waals surface area contributed by atoms with Crippen molar-refractivity contribution in [3.8, 4) is 6.01 Å². The van der Waals surface area contributed by atoms with Gasteiger partial charge in [-0.25, -0.2) is 0 Å². The standard InChI is InChI=1S/C13H17N3O2/c1-8(2)16-10-7-5-6-9(12(17)14-3)11(10)15-13(16)18-4/h5-8H,1-4H3,(H,14,17). The number of nitrogens with one attached hydrogen (secondary N) is 1. The molecule has 5 heteroatoms. The van der Waals surface area contributed by atoms with E-state index in [2.05, 4.69) is 24.1 Å². The molecule has 0 unspecified atom stereocenters. The zero-order valence-corrected chi connectivity index (χ0v) is 11.0. The number of methoxy groups -OCH3 is 1. The molecule has 0 fully saturated rings. The summed E-state index contributed by atoms with van der Waals surface area (Å²) in [6, 6.07) is 6.30. The molecule has 0 aliphatic rings. The molecule has 0 saturated heterocycles. The molecule has 0 spiro atoms. The van der Waals surface area contributed by atoms with E-state index in [0.29, 0.717) is 17.1 Å². The largest absolute Gasteiger partial charge is 0.468 e. The minimum absolute atomic E-state index is 0.142. The van der Waals surface area contributed by atoms with Crippen molar-refractivity contribution in [1.82, 2.24) is 14.9 Å². The van der Waals surface area contributed by atoms with Crippen LogP contribution in [0.1, 0.15) is 30.2 Å². The van der Waals surface area contributed by atoms with Gasteiger partial charge in [-0.05, 0) is 26.0 Å². The lowest BCUT2D eigenvalue weighted by Crippen LogP contribution is -2.18. The highest BCUT2D eigenvalue weighted by molar-refractivity contribution is 6.05. The molecule has 2 aromatic rings. The molecule has 0 aliphatic heterocycles. The number of rotatable bonds is 3. The van der Waals surface area contributed by atoms with Gasteiger partial charge in [0.1, 0.15) is 5.52 Å². The van der Waals surface area contributed by atoms with E-state index in [1.165, 1.54) is 0 Å². The molecule has 96 valence electrons. The van der Waals surface area contributed by atoms with Gasteiger partial charge in [-0.1, -0.05) is 6.07 Å². The maximum Gasteiger partial charge on any atom is 0.297 e. The summed E-state index contributed by atoms with van der Waals surface area (Å²) >= 11 is 0. The Bertz CT molecular complexity index is 587. The monoisotopic (exact) mass is 247 g/mol. The Hall–Kier alpha value is -2.04. The van der Waals surface area contributed by atoms with E-state index in [1.54, 1.807) is 20.2 Å². The van der Waals surface area contributed by atoms with Crippen molar-refractivity contribution < 1.29 is 9.53 Å². The number of para-hydroxylation sites is 1. The number of hydrogen-bond acceptors (Lipinski definition) is 3. The molecule has 18 heavy (non-hydrogen) atoms.